The average Bonchev–Trinajstić information content (AvgIpc) is 3.51. The Morgan fingerprint density at radius 1 is 0.973 bits per heavy atom. The van der Waals surface area contributed by atoms with Gasteiger partial charge in [-0.1, -0.05) is 6.07 Å². The van der Waals surface area contributed by atoms with Crippen LogP contribution >= 0.6 is 0 Å². The number of fused-ring (bicyclic) bond motifs is 1. The van der Waals surface area contributed by atoms with Gasteiger partial charge in [-0.25, -0.2) is 8.42 Å². The first-order valence-corrected chi connectivity index (χ1v) is 13.2. The summed E-state index contributed by atoms with van der Waals surface area (Å²) in [5, 5.41) is 9.00. The lowest BCUT2D eigenvalue weighted by Crippen LogP contribution is -2.50. The van der Waals surface area contributed by atoms with Crippen LogP contribution in [0.4, 0.5) is 0 Å². The topological polar surface area (TPSA) is 119 Å². The number of nitrogens with zero attached hydrogens (tertiary/aromatic N) is 3. The molecule has 186 valence electrons. The predicted molar refractivity (Wildman–Crippen MR) is 132 cm³/mol. The van der Waals surface area contributed by atoms with Gasteiger partial charge in [0.1, 0.15) is 5.76 Å². The molecule has 37 heavy (non-hydrogen) atoms. The Bertz CT molecular complexity index is 1570. The summed E-state index contributed by atoms with van der Waals surface area (Å²) < 4.78 is 45.2. The van der Waals surface area contributed by atoms with Crippen LogP contribution in [0.5, 0.6) is 11.5 Å². The molecule has 1 fully saturated rings. The van der Waals surface area contributed by atoms with Gasteiger partial charge in [0.05, 0.1) is 27.8 Å². The monoisotopic (exact) mass is 515 g/mol. The van der Waals surface area contributed by atoms with Crippen LogP contribution in [-0.2, 0) is 19.6 Å². The number of nitriles is 1. The predicted octanol–water partition coefficient (Wildman–Crippen LogP) is 3.37. The molecule has 1 aromatic heterocycles. The van der Waals surface area contributed by atoms with Crippen molar-refractivity contribution in [2.45, 2.75) is 23.3 Å². The summed E-state index contributed by atoms with van der Waals surface area (Å²) in [5.41, 5.74) is 0.691. The zero-order valence-corrected chi connectivity index (χ0v) is 20.4. The van der Waals surface area contributed by atoms with Gasteiger partial charge in [0, 0.05) is 37.7 Å². The highest BCUT2D eigenvalue weighted by Gasteiger charge is 2.53. The number of carbonyl (C=O) groups is 1. The maximum atomic E-state index is 13.9. The molecule has 0 bridgehead atoms. The minimum Gasteiger partial charge on any atom is -0.478 e. The van der Waals surface area contributed by atoms with Gasteiger partial charge in [0.15, 0.2) is 17.1 Å². The lowest BCUT2D eigenvalue weighted by molar-refractivity contribution is -0.131. The van der Waals surface area contributed by atoms with E-state index in [0.29, 0.717) is 39.7 Å². The first-order valence-electron chi connectivity index (χ1n) is 11.7. The summed E-state index contributed by atoms with van der Waals surface area (Å²) in [7, 11) is -3.79. The molecule has 0 aliphatic carbocycles. The molecule has 9 nitrogen and oxygen atoms in total. The molecule has 2 aromatic carbocycles. The smallest absolute Gasteiger partial charge is 0.243 e. The molecule has 3 aromatic rings. The number of rotatable bonds is 4. The minimum absolute atomic E-state index is 0.106. The lowest BCUT2D eigenvalue weighted by atomic mass is 9.85. The molecule has 1 saturated heterocycles. The van der Waals surface area contributed by atoms with E-state index in [2.05, 4.69) is 4.98 Å². The van der Waals surface area contributed by atoms with E-state index in [0.717, 1.165) is 0 Å². The highest BCUT2D eigenvalue weighted by molar-refractivity contribution is 7.89. The third-order valence-corrected chi connectivity index (χ3v) is 8.79. The van der Waals surface area contributed by atoms with Gasteiger partial charge in [0.25, 0.3) is 0 Å². The lowest BCUT2D eigenvalue weighted by Gasteiger charge is -2.37. The Balaban J connectivity index is 1.31. The molecule has 0 unspecified atom stereocenters. The Morgan fingerprint density at radius 3 is 2.43 bits per heavy atom. The van der Waals surface area contributed by atoms with Gasteiger partial charge < -0.3 is 14.2 Å². The summed E-state index contributed by atoms with van der Waals surface area (Å²) in [6, 6.07) is 18.5. The molecule has 0 amide bonds. The zero-order chi connectivity index (χ0) is 25.6. The summed E-state index contributed by atoms with van der Waals surface area (Å²) in [6.07, 6.45) is 1.99. The Morgan fingerprint density at radius 2 is 1.73 bits per heavy atom. The van der Waals surface area contributed by atoms with Gasteiger partial charge in [-0.05, 0) is 54.6 Å². The summed E-state index contributed by atoms with van der Waals surface area (Å²) in [6.45, 7) is 0.341. The van der Waals surface area contributed by atoms with E-state index in [4.69, 9.17) is 19.5 Å². The number of Topliss-reactive ketones (excluding diaryl/α,β-unsaturated/α-hetero) is 1. The van der Waals surface area contributed by atoms with Crippen LogP contribution in [0.2, 0.25) is 0 Å². The van der Waals surface area contributed by atoms with Gasteiger partial charge in [-0.15, -0.1) is 0 Å². The molecule has 0 N–H and O–H groups in total. The van der Waals surface area contributed by atoms with Crippen LogP contribution in [0.3, 0.4) is 0 Å². The highest BCUT2D eigenvalue weighted by Crippen LogP contribution is 2.47. The number of ether oxygens (including phenoxy) is 3. The van der Waals surface area contributed by atoms with E-state index < -0.39 is 15.6 Å². The molecule has 0 atom stereocenters. The van der Waals surface area contributed by atoms with Crippen molar-refractivity contribution < 1.29 is 27.4 Å². The molecule has 1 spiro atoms. The second kappa shape index (κ2) is 8.73. The fourth-order valence-electron chi connectivity index (χ4n) is 4.88. The van der Waals surface area contributed by atoms with Crippen LogP contribution in [-0.4, -0.2) is 49.0 Å². The molecular formula is C27H21N3O6S. The molecule has 3 aliphatic heterocycles. The number of pyridine rings is 1. The number of hydrogen-bond donors (Lipinski definition) is 0. The Kier molecular flexibility index (Phi) is 5.47. The van der Waals surface area contributed by atoms with Crippen molar-refractivity contribution in [1.82, 2.24) is 9.29 Å². The van der Waals surface area contributed by atoms with Gasteiger partial charge in [-0.3, -0.25) is 9.78 Å². The maximum absolute atomic E-state index is 13.9. The number of sulfonamides is 1. The molecule has 4 heterocycles. The summed E-state index contributed by atoms with van der Waals surface area (Å²) in [4.78, 5) is 18.4. The van der Waals surface area contributed by atoms with Crippen LogP contribution in [0, 0.1) is 11.3 Å². The SMILES string of the molecule is N#Cc1ccc(S(=O)(=O)N2CCC3(CC2)OC(c2ccc4c(c2)OCO4)=C(c2ccccn2)C3=O)cc1. The van der Waals surface area contributed by atoms with Crippen LogP contribution < -0.4 is 9.47 Å². The van der Waals surface area contributed by atoms with Crippen molar-refractivity contribution in [3.8, 4) is 17.6 Å². The second-order valence-corrected chi connectivity index (χ2v) is 10.9. The van der Waals surface area contributed by atoms with E-state index >= 15 is 0 Å². The van der Waals surface area contributed by atoms with Gasteiger partial charge >= 0.3 is 0 Å². The molecule has 10 heteroatoms. The van der Waals surface area contributed by atoms with Gasteiger partial charge in [-0.2, -0.15) is 9.57 Å². The number of aromatic nitrogens is 1. The molecule has 0 radical (unpaired) electrons. The van der Waals surface area contributed by atoms with Crippen molar-refractivity contribution in [2.75, 3.05) is 19.9 Å². The van der Waals surface area contributed by atoms with Crippen LogP contribution in [0.1, 0.15) is 29.7 Å². The van der Waals surface area contributed by atoms with E-state index in [1.54, 1.807) is 36.5 Å². The highest BCUT2D eigenvalue weighted by atomic mass is 32.2. The number of piperidine rings is 1. The van der Waals surface area contributed by atoms with Gasteiger partial charge in [0.2, 0.25) is 22.6 Å². The van der Waals surface area contributed by atoms with Crippen LogP contribution in [0.25, 0.3) is 11.3 Å². The number of ketones is 1. The third kappa shape index (κ3) is 3.84. The first kappa shape index (κ1) is 23.2. The van der Waals surface area contributed by atoms with E-state index in [9.17, 15) is 13.2 Å². The third-order valence-electron chi connectivity index (χ3n) is 6.87. The first-order chi connectivity index (χ1) is 17.9. The largest absolute Gasteiger partial charge is 0.478 e. The Labute approximate surface area is 213 Å². The fourth-order valence-corrected chi connectivity index (χ4v) is 6.32. The van der Waals surface area contributed by atoms with Crippen molar-refractivity contribution >= 4 is 27.1 Å². The van der Waals surface area contributed by atoms with Crippen molar-refractivity contribution in [3.05, 3.63) is 83.7 Å². The quantitative estimate of drug-likeness (QED) is 0.519. The molecule has 0 saturated carbocycles. The number of benzene rings is 2. The molecule has 3 aliphatic rings. The maximum Gasteiger partial charge on any atom is 0.243 e. The summed E-state index contributed by atoms with van der Waals surface area (Å²) >= 11 is 0. The molecule has 6 rings (SSSR count). The minimum atomic E-state index is -3.79. The van der Waals surface area contributed by atoms with E-state index in [-0.39, 0.29) is 43.4 Å². The van der Waals surface area contributed by atoms with E-state index in [1.165, 1.54) is 28.6 Å². The number of carbonyl (C=O) groups excluding carboxylic acids is 1. The summed E-state index contributed by atoms with van der Waals surface area (Å²) in [5.74, 6) is 1.36. The Hall–Kier alpha value is -4.20. The van der Waals surface area contributed by atoms with Crippen molar-refractivity contribution in [3.63, 3.8) is 0 Å². The van der Waals surface area contributed by atoms with Crippen molar-refractivity contribution in [1.29, 1.82) is 5.26 Å². The normalized spacial score (nSPS) is 18.6. The average molecular weight is 516 g/mol. The van der Waals surface area contributed by atoms with Crippen molar-refractivity contribution in [2.24, 2.45) is 0 Å². The molecular weight excluding hydrogens is 494 g/mol. The van der Waals surface area contributed by atoms with E-state index in [1.807, 2.05) is 12.1 Å². The van der Waals surface area contributed by atoms with Crippen LogP contribution in [0.15, 0.2) is 71.8 Å². The standard InChI is InChI=1S/C27H21N3O6S/c28-16-18-4-7-20(8-5-18)37(32,33)30-13-10-27(11-14-30)26(31)24(21-3-1-2-12-29-21)25(36-27)19-6-9-22-23(15-19)35-17-34-22/h1-9,12,15H,10-11,13-14,17H2. The fraction of sp³-hybridized carbons (Fsp3) is 0.222. The zero-order valence-electron chi connectivity index (χ0n) is 19.6. The second-order valence-electron chi connectivity index (χ2n) is 8.95. The number of hydrogen-bond acceptors (Lipinski definition) is 8.